The van der Waals surface area contributed by atoms with Crippen LogP contribution in [0.3, 0.4) is 0 Å². The second-order valence-electron chi connectivity index (χ2n) is 6.88. The summed E-state index contributed by atoms with van der Waals surface area (Å²) < 4.78 is 0. The number of hydrogen-bond donors (Lipinski definition) is 2. The molecule has 1 aliphatic rings. The summed E-state index contributed by atoms with van der Waals surface area (Å²) in [6, 6.07) is -0.0994. The van der Waals surface area contributed by atoms with Crippen LogP contribution >= 0.6 is 0 Å². The number of amides is 2. The van der Waals surface area contributed by atoms with Crippen LogP contribution in [0.2, 0.25) is 0 Å². The number of piperazine rings is 1. The minimum atomic E-state index is -0.409. The van der Waals surface area contributed by atoms with Gasteiger partial charge in [-0.05, 0) is 18.8 Å². The molecule has 0 aliphatic carbocycles. The van der Waals surface area contributed by atoms with Crippen LogP contribution in [0, 0.1) is 5.41 Å². The Morgan fingerprint density at radius 3 is 2.55 bits per heavy atom. The van der Waals surface area contributed by atoms with Crippen molar-refractivity contribution in [3.63, 3.8) is 0 Å². The number of rotatable bonds is 4. The van der Waals surface area contributed by atoms with E-state index in [9.17, 15) is 9.59 Å². The minimum absolute atomic E-state index is 0.000993. The summed E-state index contributed by atoms with van der Waals surface area (Å²) in [5.41, 5.74) is 0.000993. The van der Waals surface area contributed by atoms with E-state index in [1.807, 2.05) is 4.90 Å². The van der Waals surface area contributed by atoms with Crippen LogP contribution in [0.25, 0.3) is 0 Å². The van der Waals surface area contributed by atoms with E-state index < -0.39 is 6.04 Å². The van der Waals surface area contributed by atoms with Crippen molar-refractivity contribution in [2.45, 2.75) is 59.5 Å². The Kier molecular flexibility index (Phi) is 5.99. The molecule has 1 aliphatic heterocycles. The van der Waals surface area contributed by atoms with Gasteiger partial charge in [-0.15, -0.1) is 0 Å². The van der Waals surface area contributed by atoms with Gasteiger partial charge in [0.2, 0.25) is 11.8 Å². The molecule has 1 saturated heterocycles. The number of carbonyl (C=O) groups excluding carboxylic acids is 2. The number of hydrogen-bond acceptors (Lipinski definition) is 3. The van der Waals surface area contributed by atoms with Gasteiger partial charge in [0.15, 0.2) is 0 Å². The smallest absolute Gasteiger partial charge is 0.245 e. The molecule has 0 saturated carbocycles. The van der Waals surface area contributed by atoms with Gasteiger partial charge in [-0.3, -0.25) is 9.59 Å². The Morgan fingerprint density at radius 2 is 2.05 bits per heavy atom. The van der Waals surface area contributed by atoms with Crippen molar-refractivity contribution < 1.29 is 9.59 Å². The van der Waals surface area contributed by atoms with Crippen LogP contribution in [0.15, 0.2) is 0 Å². The maximum absolute atomic E-state index is 12.7. The summed E-state index contributed by atoms with van der Waals surface area (Å²) in [6.07, 6.45) is 1.07. The Bertz CT molecular complexity index is 350. The normalized spacial score (nSPS) is 21.4. The zero-order valence-electron chi connectivity index (χ0n) is 13.5. The predicted octanol–water partition coefficient (Wildman–Crippen LogP) is 1.14. The topological polar surface area (TPSA) is 61.4 Å². The van der Waals surface area contributed by atoms with Crippen LogP contribution in [0.1, 0.15) is 47.5 Å². The van der Waals surface area contributed by atoms with Gasteiger partial charge >= 0.3 is 0 Å². The molecule has 0 radical (unpaired) electrons. The highest BCUT2D eigenvalue weighted by Crippen LogP contribution is 2.22. The van der Waals surface area contributed by atoms with Crippen molar-refractivity contribution in [2.75, 3.05) is 19.6 Å². The molecule has 5 heteroatoms. The third kappa shape index (κ3) is 5.49. The molecule has 2 amide bonds. The molecule has 0 aromatic carbocycles. The number of nitrogens with one attached hydrogen (secondary N) is 2. The fourth-order valence-corrected chi connectivity index (χ4v) is 2.46. The van der Waals surface area contributed by atoms with E-state index in [-0.39, 0.29) is 17.2 Å². The Labute approximate surface area is 122 Å². The molecule has 1 fully saturated rings. The summed E-state index contributed by atoms with van der Waals surface area (Å²) in [5, 5.41) is 6.21. The summed E-state index contributed by atoms with van der Waals surface area (Å²) in [7, 11) is 0. The van der Waals surface area contributed by atoms with E-state index in [1.54, 1.807) is 6.92 Å². The zero-order chi connectivity index (χ0) is 15.3. The monoisotopic (exact) mass is 283 g/mol. The molecule has 5 nitrogen and oxygen atoms in total. The lowest BCUT2D eigenvalue weighted by Crippen LogP contribution is -2.57. The molecule has 2 atom stereocenters. The molecular weight excluding hydrogens is 254 g/mol. The van der Waals surface area contributed by atoms with Crippen molar-refractivity contribution in [3.8, 4) is 0 Å². The van der Waals surface area contributed by atoms with E-state index in [1.165, 1.54) is 0 Å². The van der Waals surface area contributed by atoms with Gasteiger partial charge in [0.1, 0.15) is 6.04 Å². The summed E-state index contributed by atoms with van der Waals surface area (Å²) in [4.78, 5) is 26.2. The molecule has 0 unspecified atom stereocenters. The average Bonchev–Trinajstić information content (AvgIpc) is 2.35. The lowest BCUT2D eigenvalue weighted by molar-refractivity contribution is -0.138. The third-order valence-electron chi connectivity index (χ3n) is 3.45. The maximum atomic E-state index is 12.7. The molecule has 0 aromatic heterocycles. The van der Waals surface area contributed by atoms with Gasteiger partial charge < -0.3 is 15.5 Å². The standard InChI is InChI=1S/C15H29N3O2/c1-6-13(19)17-12(9-15(3,4)5)14(20)18-8-7-16-11(2)10-18/h11-12,16H,6-10H2,1-5H3,(H,17,19)/t11-,12-/m0/s1. The molecule has 1 rings (SSSR count). The van der Waals surface area contributed by atoms with Gasteiger partial charge in [-0.2, -0.15) is 0 Å². The van der Waals surface area contributed by atoms with E-state index in [4.69, 9.17) is 0 Å². The van der Waals surface area contributed by atoms with E-state index in [0.29, 0.717) is 32.0 Å². The highest BCUT2D eigenvalue weighted by molar-refractivity contribution is 5.87. The van der Waals surface area contributed by atoms with Crippen LogP contribution in [0.5, 0.6) is 0 Å². The van der Waals surface area contributed by atoms with E-state index >= 15 is 0 Å². The molecule has 116 valence electrons. The first-order valence-electron chi connectivity index (χ1n) is 7.54. The van der Waals surface area contributed by atoms with Gasteiger partial charge in [0.25, 0.3) is 0 Å². The largest absolute Gasteiger partial charge is 0.344 e. The van der Waals surface area contributed by atoms with Gasteiger partial charge in [-0.25, -0.2) is 0 Å². The predicted molar refractivity (Wildman–Crippen MR) is 80.3 cm³/mol. The van der Waals surface area contributed by atoms with Crippen molar-refractivity contribution in [3.05, 3.63) is 0 Å². The lowest BCUT2D eigenvalue weighted by Gasteiger charge is -2.36. The highest BCUT2D eigenvalue weighted by atomic mass is 16.2. The minimum Gasteiger partial charge on any atom is -0.344 e. The quantitative estimate of drug-likeness (QED) is 0.813. The molecule has 0 bridgehead atoms. The van der Waals surface area contributed by atoms with Crippen molar-refractivity contribution in [1.82, 2.24) is 15.5 Å². The summed E-state index contributed by atoms with van der Waals surface area (Å²) in [6.45, 7) is 12.4. The first-order chi connectivity index (χ1) is 9.23. The Hall–Kier alpha value is -1.10. The SMILES string of the molecule is CCC(=O)N[C@@H](CC(C)(C)C)C(=O)N1CCN[C@@H](C)C1. The molecular formula is C15H29N3O2. The first-order valence-corrected chi connectivity index (χ1v) is 7.54. The molecule has 0 aromatic rings. The fraction of sp³-hybridized carbons (Fsp3) is 0.867. The van der Waals surface area contributed by atoms with Crippen LogP contribution in [-0.4, -0.2) is 48.4 Å². The van der Waals surface area contributed by atoms with E-state index in [0.717, 1.165) is 6.54 Å². The second kappa shape index (κ2) is 7.07. The molecule has 20 heavy (non-hydrogen) atoms. The average molecular weight is 283 g/mol. The molecule has 2 N–H and O–H groups in total. The number of carbonyl (C=O) groups is 2. The first kappa shape index (κ1) is 17.0. The van der Waals surface area contributed by atoms with Gasteiger partial charge in [0.05, 0.1) is 0 Å². The van der Waals surface area contributed by atoms with Crippen LogP contribution < -0.4 is 10.6 Å². The highest BCUT2D eigenvalue weighted by Gasteiger charge is 2.31. The van der Waals surface area contributed by atoms with Crippen LogP contribution in [0.4, 0.5) is 0 Å². The maximum Gasteiger partial charge on any atom is 0.245 e. The van der Waals surface area contributed by atoms with Crippen molar-refractivity contribution in [1.29, 1.82) is 0 Å². The number of nitrogens with zero attached hydrogens (tertiary/aromatic N) is 1. The van der Waals surface area contributed by atoms with Gasteiger partial charge in [-0.1, -0.05) is 27.7 Å². The van der Waals surface area contributed by atoms with Gasteiger partial charge in [0, 0.05) is 32.1 Å². The molecule has 0 spiro atoms. The second-order valence-corrected chi connectivity index (χ2v) is 6.88. The van der Waals surface area contributed by atoms with Crippen LogP contribution in [-0.2, 0) is 9.59 Å². The fourth-order valence-electron chi connectivity index (χ4n) is 2.46. The zero-order valence-corrected chi connectivity index (χ0v) is 13.5. The van der Waals surface area contributed by atoms with Crippen molar-refractivity contribution in [2.24, 2.45) is 5.41 Å². The van der Waals surface area contributed by atoms with E-state index in [2.05, 4.69) is 38.3 Å². The summed E-state index contributed by atoms with van der Waals surface area (Å²) in [5.74, 6) is -0.00846. The lowest BCUT2D eigenvalue weighted by atomic mass is 9.87. The van der Waals surface area contributed by atoms with Crippen molar-refractivity contribution >= 4 is 11.8 Å². The Balaban J connectivity index is 2.74. The third-order valence-corrected chi connectivity index (χ3v) is 3.45. The Morgan fingerprint density at radius 1 is 1.40 bits per heavy atom. The molecule has 1 heterocycles. The summed E-state index contributed by atoms with van der Waals surface area (Å²) >= 11 is 0.